The molecule has 1 aliphatic carbocycles. The van der Waals surface area contributed by atoms with Crippen LogP contribution in [0.4, 0.5) is 23.7 Å². The van der Waals surface area contributed by atoms with Crippen LogP contribution in [-0.4, -0.2) is 37.3 Å². The Kier molecular flexibility index (Phi) is 8.41. The molecule has 1 saturated carbocycles. The van der Waals surface area contributed by atoms with Crippen molar-refractivity contribution in [1.29, 1.82) is 0 Å². The molecular weight excluding hydrogens is 375 g/mol. The highest BCUT2D eigenvalue weighted by Gasteiger charge is 2.28. The van der Waals surface area contributed by atoms with Gasteiger partial charge in [0.2, 0.25) is 5.91 Å². The summed E-state index contributed by atoms with van der Waals surface area (Å²) in [6.07, 6.45) is 1.83. The van der Waals surface area contributed by atoms with Crippen LogP contribution in [0.15, 0.2) is 24.3 Å². The zero-order valence-electron chi connectivity index (χ0n) is 15.6. The molecule has 0 atom stereocenters. The van der Waals surface area contributed by atoms with Gasteiger partial charge in [0.25, 0.3) is 0 Å². The predicted octanol–water partition coefficient (Wildman–Crippen LogP) is 3.98. The van der Waals surface area contributed by atoms with E-state index in [4.69, 9.17) is 0 Å². The molecule has 28 heavy (non-hydrogen) atoms. The van der Waals surface area contributed by atoms with Crippen LogP contribution in [0.3, 0.4) is 0 Å². The number of ether oxygens (including phenoxy) is 1. The van der Waals surface area contributed by atoms with E-state index in [0.29, 0.717) is 18.7 Å². The summed E-state index contributed by atoms with van der Waals surface area (Å²) in [5.41, 5.74) is 0.465. The summed E-state index contributed by atoms with van der Waals surface area (Å²) in [7, 11) is 0. The Morgan fingerprint density at radius 1 is 1.07 bits per heavy atom. The van der Waals surface area contributed by atoms with E-state index in [1.165, 1.54) is 30.7 Å². The minimum absolute atomic E-state index is 0.0727. The minimum atomic E-state index is -4.39. The first-order valence-electron chi connectivity index (χ1n) is 9.46. The molecule has 0 bridgehead atoms. The Labute approximate surface area is 162 Å². The monoisotopic (exact) mass is 401 g/mol. The third kappa shape index (κ3) is 8.96. The fourth-order valence-electron chi connectivity index (χ4n) is 2.96. The van der Waals surface area contributed by atoms with E-state index in [1.54, 1.807) is 0 Å². The van der Waals surface area contributed by atoms with Crippen molar-refractivity contribution in [2.45, 2.75) is 57.2 Å². The Balaban J connectivity index is 1.59. The van der Waals surface area contributed by atoms with Gasteiger partial charge in [0.1, 0.15) is 5.75 Å². The average Bonchev–Trinajstić information content (AvgIpc) is 2.65. The van der Waals surface area contributed by atoms with E-state index in [-0.39, 0.29) is 30.2 Å². The SMILES string of the molecule is O=C(CCCNC(=O)NC1CCCCC1)Nc1ccc(OCC(F)(F)F)cc1. The van der Waals surface area contributed by atoms with Crippen molar-refractivity contribution in [2.75, 3.05) is 18.5 Å². The van der Waals surface area contributed by atoms with Crippen molar-refractivity contribution in [3.05, 3.63) is 24.3 Å². The lowest BCUT2D eigenvalue weighted by Crippen LogP contribution is -2.43. The Morgan fingerprint density at radius 3 is 2.39 bits per heavy atom. The molecule has 0 unspecified atom stereocenters. The lowest BCUT2D eigenvalue weighted by molar-refractivity contribution is -0.153. The van der Waals surface area contributed by atoms with Crippen LogP contribution in [0.25, 0.3) is 0 Å². The maximum absolute atomic E-state index is 12.1. The minimum Gasteiger partial charge on any atom is -0.484 e. The molecule has 0 spiro atoms. The second-order valence-corrected chi connectivity index (χ2v) is 6.82. The normalized spacial score (nSPS) is 15.0. The molecule has 0 saturated heterocycles. The van der Waals surface area contributed by atoms with Gasteiger partial charge in [-0.1, -0.05) is 19.3 Å². The van der Waals surface area contributed by atoms with Crippen LogP contribution in [0.2, 0.25) is 0 Å². The molecule has 9 heteroatoms. The zero-order chi connectivity index (χ0) is 20.4. The molecule has 3 N–H and O–H groups in total. The van der Waals surface area contributed by atoms with Crippen molar-refractivity contribution >= 4 is 17.6 Å². The number of benzene rings is 1. The molecule has 156 valence electrons. The second-order valence-electron chi connectivity index (χ2n) is 6.82. The summed E-state index contributed by atoms with van der Waals surface area (Å²) in [6, 6.07) is 5.69. The molecule has 0 radical (unpaired) electrons. The van der Waals surface area contributed by atoms with Crippen molar-refractivity contribution < 1.29 is 27.5 Å². The van der Waals surface area contributed by atoms with Crippen LogP contribution < -0.4 is 20.7 Å². The predicted molar refractivity (Wildman–Crippen MR) is 99.3 cm³/mol. The van der Waals surface area contributed by atoms with Gasteiger partial charge in [0.05, 0.1) is 0 Å². The first kappa shape index (κ1) is 21.8. The fraction of sp³-hybridized carbons (Fsp3) is 0.579. The van der Waals surface area contributed by atoms with Gasteiger partial charge in [-0.3, -0.25) is 4.79 Å². The summed E-state index contributed by atoms with van der Waals surface area (Å²) in [4.78, 5) is 23.7. The molecular formula is C19H26F3N3O3. The number of rotatable bonds is 8. The van der Waals surface area contributed by atoms with E-state index in [9.17, 15) is 22.8 Å². The first-order chi connectivity index (χ1) is 13.3. The lowest BCUT2D eigenvalue weighted by atomic mass is 9.96. The average molecular weight is 401 g/mol. The second kappa shape index (κ2) is 10.8. The molecule has 0 heterocycles. The molecule has 1 aromatic carbocycles. The number of halogens is 3. The Hall–Kier alpha value is -2.45. The number of alkyl halides is 3. The first-order valence-corrected chi connectivity index (χ1v) is 9.46. The third-order valence-electron chi connectivity index (χ3n) is 4.35. The van der Waals surface area contributed by atoms with Gasteiger partial charge in [-0.15, -0.1) is 0 Å². The van der Waals surface area contributed by atoms with E-state index >= 15 is 0 Å². The van der Waals surface area contributed by atoms with Crippen LogP contribution in [0.1, 0.15) is 44.9 Å². The number of carbonyl (C=O) groups is 2. The van der Waals surface area contributed by atoms with Gasteiger partial charge < -0.3 is 20.7 Å². The van der Waals surface area contributed by atoms with E-state index < -0.39 is 12.8 Å². The van der Waals surface area contributed by atoms with Gasteiger partial charge in [-0.2, -0.15) is 13.2 Å². The topological polar surface area (TPSA) is 79.5 Å². The van der Waals surface area contributed by atoms with E-state index in [0.717, 1.165) is 25.7 Å². The van der Waals surface area contributed by atoms with Crippen LogP contribution in [0.5, 0.6) is 5.75 Å². The summed E-state index contributed by atoms with van der Waals surface area (Å²) in [5.74, 6) is -0.165. The highest BCUT2D eigenvalue weighted by molar-refractivity contribution is 5.90. The molecule has 0 aromatic heterocycles. The molecule has 1 aromatic rings. The highest BCUT2D eigenvalue weighted by Crippen LogP contribution is 2.20. The van der Waals surface area contributed by atoms with Crippen molar-refractivity contribution in [3.63, 3.8) is 0 Å². The summed E-state index contributed by atoms with van der Waals surface area (Å²) >= 11 is 0. The molecule has 3 amide bonds. The number of hydrogen-bond donors (Lipinski definition) is 3. The summed E-state index contributed by atoms with van der Waals surface area (Å²) in [5, 5.41) is 8.33. The zero-order valence-corrected chi connectivity index (χ0v) is 15.6. The standard InChI is InChI=1S/C19H26F3N3O3/c20-19(21,22)13-28-16-10-8-15(9-11-16)24-17(26)7-4-12-23-18(27)25-14-5-2-1-3-6-14/h8-11,14H,1-7,12-13H2,(H,24,26)(H2,23,25,27). The smallest absolute Gasteiger partial charge is 0.422 e. The Bertz CT molecular complexity index is 630. The number of carbonyl (C=O) groups excluding carboxylic acids is 2. The molecule has 1 fully saturated rings. The van der Waals surface area contributed by atoms with Crippen LogP contribution in [-0.2, 0) is 4.79 Å². The van der Waals surface area contributed by atoms with Crippen molar-refractivity contribution in [2.24, 2.45) is 0 Å². The molecule has 1 aliphatic rings. The molecule has 6 nitrogen and oxygen atoms in total. The van der Waals surface area contributed by atoms with Crippen molar-refractivity contribution in [1.82, 2.24) is 10.6 Å². The number of urea groups is 1. The fourth-order valence-corrected chi connectivity index (χ4v) is 2.96. The van der Waals surface area contributed by atoms with Crippen molar-refractivity contribution in [3.8, 4) is 5.75 Å². The lowest BCUT2D eigenvalue weighted by Gasteiger charge is -2.22. The van der Waals surface area contributed by atoms with Gasteiger partial charge in [-0.05, 0) is 43.5 Å². The maximum atomic E-state index is 12.1. The number of amides is 3. The van der Waals surface area contributed by atoms with Gasteiger partial charge in [-0.25, -0.2) is 4.79 Å². The summed E-state index contributed by atoms with van der Waals surface area (Å²) < 4.78 is 40.9. The largest absolute Gasteiger partial charge is 0.484 e. The number of hydrogen-bond acceptors (Lipinski definition) is 3. The van der Waals surface area contributed by atoms with E-state index in [1.807, 2.05) is 0 Å². The highest BCUT2D eigenvalue weighted by atomic mass is 19.4. The van der Waals surface area contributed by atoms with Gasteiger partial charge in [0, 0.05) is 24.7 Å². The van der Waals surface area contributed by atoms with Crippen LogP contribution >= 0.6 is 0 Å². The summed E-state index contributed by atoms with van der Waals surface area (Å²) in [6.45, 7) is -0.976. The van der Waals surface area contributed by atoms with Gasteiger partial charge in [0.15, 0.2) is 6.61 Å². The number of nitrogens with one attached hydrogen (secondary N) is 3. The van der Waals surface area contributed by atoms with E-state index in [2.05, 4.69) is 20.7 Å². The third-order valence-corrected chi connectivity index (χ3v) is 4.35. The maximum Gasteiger partial charge on any atom is 0.422 e. The number of anilines is 1. The van der Waals surface area contributed by atoms with Gasteiger partial charge >= 0.3 is 12.2 Å². The molecule has 0 aliphatic heterocycles. The Morgan fingerprint density at radius 2 is 1.75 bits per heavy atom. The van der Waals surface area contributed by atoms with Crippen LogP contribution in [0, 0.1) is 0 Å². The molecule has 2 rings (SSSR count). The quantitative estimate of drug-likeness (QED) is 0.577.